The van der Waals surface area contributed by atoms with Crippen LogP contribution in [0.4, 0.5) is 0 Å². The Balaban J connectivity index is 2.72. The van der Waals surface area contributed by atoms with Crippen molar-refractivity contribution < 1.29 is 14.6 Å². The molecule has 0 atom stereocenters. The van der Waals surface area contributed by atoms with Gasteiger partial charge in [-0.3, -0.25) is 0 Å². The number of aryl methyl sites for hydroxylation is 1. The zero-order chi connectivity index (χ0) is 11.7. The summed E-state index contributed by atoms with van der Waals surface area (Å²) in [4.78, 5) is 11.1. The fourth-order valence-electron chi connectivity index (χ4n) is 1.93. The van der Waals surface area contributed by atoms with Crippen molar-refractivity contribution in [3.8, 4) is 0 Å². The molecule has 0 fully saturated rings. The second kappa shape index (κ2) is 3.98. The van der Waals surface area contributed by atoms with Crippen LogP contribution in [0.2, 0.25) is 0 Å². The van der Waals surface area contributed by atoms with Crippen molar-refractivity contribution in [1.29, 1.82) is 0 Å². The highest BCUT2D eigenvalue weighted by atomic mass is 16.5. The zero-order valence-corrected chi connectivity index (χ0v) is 9.23. The summed E-state index contributed by atoms with van der Waals surface area (Å²) in [5.74, 6) is -0.907. The van der Waals surface area contributed by atoms with Gasteiger partial charge in [0.25, 0.3) is 0 Å². The van der Waals surface area contributed by atoms with Gasteiger partial charge >= 0.3 is 5.97 Å². The molecule has 2 aromatic rings. The molecule has 0 saturated heterocycles. The summed E-state index contributed by atoms with van der Waals surface area (Å²) in [6, 6.07) is 7.22. The number of carbonyl (C=O) groups is 1. The normalized spacial score (nSPS) is 10.9. The van der Waals surface area contributed by atoms with Crippen molar-refractivity contribution in [3.63, 3.8) is 0 Å². The molecular formula is C12H13NO3. The van der Waals surface area contributed by atoms with Crippen LogP contribution in [0.25, 0.3) is 10.9 Å². The molecule has 0 unspecified atom stereocenters. The second-order valence-electron chi connectivity index (χ2n) is 3.68. The second-order valence-corrected chi connectivity index (χ2v) is 3.68. The van der Waals surface area contributed by atoms with Crippen LogP contribution in [-0.4, -0.2) is 22.8 Å². The number of nitrogens with zero attached hydrogens (tertiary/aromatic N) is 1. The summed E-state index contributed by atoms with van der Waals surface area (Å²) in [5.41, 5.74) is 2.02. The van der Waals surface area contributed by atoms with Crippen LogP contribution < -0.4 is 0 Å². The number of carboxylic acids is 1. The van der Waals surface area contributed by atoms with E-state index < -0.39 is 5.97 Å². The zero-order valence-electron chi connectivity index (χ0n) is 9.23. The molecule has 0 aliphatic carbocycles. The van der Waals surface area contributed by atoms with Crippen LogP contribution in [0.5, 0.6) is 0 Å². The third-order valence-electron chi connectivity index (χ3n) is 2.68. The van der Waals surface area contributed by atoms with Gasteiger partial charge in [-0.25, -0.2) is 4.79 Å². The number of rotatable bonds is 3. The Labute approximate surface area is 93.1 Å². The van der Waals surface area contributed by atoms with Crippen molar-refractivity contribution in [2.24, 2.45) is 7.05 Å². The first kappa shape index (κ1) is 10.7. The van der Waals surface area contributed by atoms with E-state index in [1.165, 1.54) is 0 Å². The molecule has 0 aliphatic heterocycles. The Kier molecular flexibility index (Phi) is 2.66. The molecule has 1 heterocycles. The number of hydrogen-bond donors (Lipinski definition) is 1. The molecule has 0 bridgehead atoms. The maximum atomic E-state index is 11.1. The quantitative estimate of drug-likeness (QED) is 0.859. The fourth-order valence-corrected chi connectivity index (χ4v) is 1.93. The number of fused-ring (bicyclic) bond motifs is 1. The Bertz CT molecular complexity index is 542. The van der Waals surface area contributed by atoms with Crippen molar-refractivity contribution in [2.45, 2.75) is 6.61 Å². The number of ether oxygens (including phenoxy) is 1. The average Bonchev–Trinajstić information content (AvgIpc) is 2.57. The van der Waals surface area contributed by atoms with Gasteiger partial charge in [-0.1, -0.05) is 12.1 Å². The summed E-state index contributed by atoms with van der Waals surface area (Å²) in [6.07, 6.45) is 0. The fraction of sp³-hybridized carbons (Fsp3) is 0.250. The minimum Gasteiger partial charge on any atom is -0.478 e. The highest BCUT2D eigenvalue weighted by molar-refractivity contribution is 6.02. The van der Waals surface area contributed by atoms with Gasteiger partial charge in [-0.05, 0) is 12.1 Å². The highest BCUT2D eigenvalue weighted by Crippen LogP contribution is 2.23. The molecule has 0 aliphatic rings. The molecular weight excluding hydrogens is 206 g/mol. The van der Waals surface area contributed by atoms with E-state index in [2.05, 4.69) is 0 Å². The first-order valence-corrected chi connectivity index (χ1v) is 4.94. The van der Waals surface area contributed by atoms with Gasteiger partial charge in [0.1, 0.15) is 0 Å². The first-order chi connectivity index (χ1) is 7.65. The summed E-state index contributed by atoms with van der Waals surface area (Å²) in [6.45, 7) is 0.476. The molecule has 1 aromatic heterocycles. The summed E-state index contributed by atoms with van der Waals surface area (Å²) >= 11 is 0. The van der Waals surface area contributed by atoms with E-state index in [-0.39, 0.29) is 0 Å². The highest BCUT2D eigenvalue weighted by Gasteiger charge is 2.13. The maximum absolute atomic E-state index is 11.1. The molecule has 1 aromatic carbocycles. The Hall–Kier alpha value is -1.81. The largest absolute Gasteiger partial charge is 0.478 e. The van der Waals surface area contributed by atoms with E-state index in [1.54, 1.807) is 19.2 Å². The van der Waals surface area contributed by atoms with E-state index >= 15 is 0 Å². The van der Waals surface area contributed by atoms with Crippen LogP contribution in [-0.2, 0) is 18.4 Å². The Morgan fingerprint density at radius 1 is 1.50 bits per heavy atom. The lowest BCUT2D eigenvalue weighted by Crippen LogP contribution is -2.03. The third kappa shape index (κ3) is 1.57. The number of methoxy groups -OCH3 is 1. The van der Waals surface area contributed by atoms with E-state index in [0.717, 1.165) is 16.6 Å². The lowest BCUT2D eigenvalue weighted by Gasteiger charge is -2.04. The lowest BCUT2D eigenvalue weighted by molar-refractivity contribution is 0.0698. The summed E-state index contributed by atoms with van der Waals surface area (Å²) < 4.78 is 6.93. The molecule has 0 saturated carbocycles. The minimum absolute atomic E-state index is 0.322. The van der Waals surface area contributed by atoms with E-state index in [4.69, 9.17) is 9.84 Å². The molecule has 4 nitrogen and oxygen atoms in total. The van der Waals surface area contributed by atoms with Crippen molar-refractivity contribution >= 4 is 16.9 Å². The van der Waals surface area contributed by atoms with Gasteiger partial charge in [0.05, 0.1) is 17.7 Å². The van der Waals surface area contributed by atoms with Crippen LogP contribution in [0, 0.1) is 0 Å². The SMILES string of the molecule is COCc1cc2cccc(C(=O)O)c2n1C. The van der Waals surface area contributed by atoms with Gasteiger partial charge < -0.3 is 14.4 Å². The van der Waals surface area contributed by atoms with Crippen LogP contribution >= 0.6 is 0 Å². The van der Waals surface area contributed by atoms with Crippen LogP contribution in [0.1, 0.15) is 16.1 Å². The van der Waals surface area contributed by atoms with Gasteiger partial charge in [0, 0.05) is 25.2 Å². The van der Waals surface area contributed by atoms with Gasteiger partial charge in [0.2, 0.25) is 0 Å². The topological polar surface area (TPSA) is 51.5 Å². The smallest absolute Gasteiger partial charge is 0.337 e. The molecule has 0 spiro atoms. The average molecular weight is 219 g/mol. The number of benzene rings is 1. The molecule has 4 heteroatoms. The van der Waals surface area contributed by atoms with Gasteiger partial charge in [-0.2, -0.15) is 0 Å². The Morgan fingerprint density at radius 3 is 2.88 bits per heavy atom. The number of carboxylic acid groups (broad SMARTS) is 1. The van der Waals surface area contributed by atoms with Gasteiger partial charge in [0.15, 0.2) is 0 Å². The molecule has 84 valence electrons. The summed E-state index contributed by atoms with van der Waals surface area (Å²) in [7, 11) is 3.47. The number of hydrogen-bond acceptors (Lipinski definition) is 2. The number of aromatic carboxylic acids is 1. The van der Waals surface area contributed by atoms with E-state index in [0.29, 0.717) is 12.2 Å². The van der Waals surface area contributed by atoms with E-state index in [1.807, 2.05) is 23.7 Å². The van der Waals surface area contributed by atoms with E-state index in [9.17, 15) is 4.79 Å². The predicted octanol–water partition coefficient (Wildman–Crippen LogP) is 2.02. The predicted molar refractivity (Wildman–Crippen MR) is 60.6 cm³/mol. The maximum Gasteiger partial charge on any atom is 0.337 e. The number of aromatic nitrogens is 1. The molecule has 0 radical (unpaired) electrons. The monoisotopic (exact) mass is 219 g/mol. The number of para-hydroxylation sites is 1. The summed E-state index contributed by atoms with van der Waals surface area (Å²) in [5, 5.41) is 10.0. The standard InChI is InChI=1S/C12H13NO3/c1-13-9(7-16-2)6-8-4-3-5-10(11(8)13)12(14)15/h3-6H,7H2,1-2H3,(H,14,15). The van der Waals surface area contributed by atoms with Crippen molar-refractivity contribution in [1.82, 2.24) is 4.57 Å². The molecule has 16 heavy (non-hydrogen) atoms. The van der Waals surface area contributed by atoms with Crippen LogP contribution in [0.3, 0.4) is 0 Å². The van der Waals surface area contributed by atoms with Crippen molar-refractivity contribution in [3.05, 3.63) is 35.5 Å². The first-order valence-electron chi connectivity index (χ1n) is 4.94. The molecule has 0 amide bonds. The molecule has 2 rings (SSSR count). The van der Waals surface area contributed by atoms with Crippen LogP contribution in [0.15, 0.2) is 24.3 Å². The van der Waals surface area contributed by atoms with Crippen molar-refractivity contribution in [2.75, 3.05) is 7.11 Å². The Morgan fingerprint density at radius 2 is 2.25 bits per heavy atom. The van der Waals surface area contributed by atoms with Gasteiger partial charge in [-0.15, -0.1) is 0 Å². The molecule has 1 N–H and O–H groups in total. The lowest BCUT2D eigenvalue weighted by atomic mass is 10.1. The minimum atomic E-state index is -0.907. The third-order valence-corrected chi connectivity index (χ3v) is 2.68.